The number of carbonyl (C=O) groups is 2. The highest BCUT2D eigenvalue weighted by Crippen LogP contribution is 2.18. The van der Waals surface area contributed by atoms with E-state index in [1.807, 2.05) is 0 Å². The number of hydrogen-bond acceptors (Lipinski definition) is 3. The largest absolute Gasteiger partial charge is 0.481 e. The SMILES string of the molecule is CC/C=C\C/C=C\C/C=C\C/C=C\C/C=C\CCCCCCCC(=O)OC(CCC)CCCCCCCCCCCCCCCCCCCC(=O)O. The molecule has 0 spiro atoms. The zero-order valence-corrected chi connectivity index (χ0v) is 34.4. The Labute approximate surface area is 323 Å². The average Bonchev–Trinajstić information content (AvgIpc) is 3.13. The first-order valence-corrected chi connectivity index (χ1v) is 22.3. The highest BCUT2D eigenvalue weighted by Gasteiger charge is 2.13. The highest BCUT2D eigenvalue weighted by atomic mass is 16.5. The Bertz CT molecular complexity index is 911. The minimum Gasteiger partial charge on any atom is -0.481 e. The van der Waals surface area contributed by atoms with Crippen molar-refractivity contribution in [2.45, 2.75) is 232 Å². The molecule has 0 heterocycles. The van der Waals surface area contributed by atoms with Gasteiger partial charge >= 0.3 is 11.9 Å². The van der Waals surface area contributed by atoms with Crippen LogP contribution < -0.4 is 0 Å². The summed E-state index contributed by atoms with van der Waals surface area (Å²) in [6, 6.07) is 0. The lowest BCUT2D eigenvalue weighted by atomic mass is 10.0. The number of unbranched alkanes of at least 4 members (excludes halogenated alkanes) is 21. The van der Waals surface area contributed by atoms with Crippen molar-refractivity contribution in [3.63, 3.8) is 0 Å². The van der Waals surface area contributed by atoms with Gasteiger partial charge in [-0.2, -0.15) is 0 Å². The smallest absolute Gasteiger partial charge is 0.306 e. The van der Waals surface area contributed by atoms with Gasteiger partial charge in [0, 0.05) is 12.8 Å². The summed E-state index contributed by atoms with van der Waals surface area (Å²) < 4.78 is 5.90. The van der Waals surface area contributed by atoms with Crippen LogP contribution in [-0.2, 0) is 14.3 Å². The standard InChI is InChI=1S/C48H84O4/c1-3-5-6-7-8-9-10-11-12-13-14-15-16-20-23-26-29-32-35-38-41-45-48(51)52-46(42-4-2)43-39-36-33-30-27-24-21-18-17-19-22-25-28-31-34-37-40-44-47(49)50/h5-6,8-9,11-12,14-15,20,23,46H,3-4,7,10,13,16-19,21-22,24-45H2,1-2H3,(H,49,50)/b6-5-,9-8-,12-11-,15-14-,23-20-. The molecule has 0 aromatic rings. The van der Waals surface area contributed by atoms with Crippen LogP contribution in [-0.4, -0.2) is 23.1 Å². The maximum Gasteiger partial charge on any atom is 0.306 e. The fourth-order valence-electron chi connectivity index (χ4n) is 6.56. The molecule has 1 atom stereocenters. The second-order valence-electron chi connectivity index (χ2n) is 14.9. The van der Waals surface area contributed by atoms with Gasteiger partial charge in [-0.1, -0.05) is 197 Å². The topological polar surface area (TPSA) is 63.6 Å². The predicted octanol–water partition coefficient (Wildman–Crippen LogP) is 15.7. The molecular weight excluding hydrogens is 641 g/mol. The van der Waals surface area contributed by atoms with Crippen LogP contribution in [0, 0.1) is 0 Å². The molecule has 4 nitrogen and oxygen atoms in total. The van der Waals surface area contributed by atoms with E-state index in [0.29, 0.717) is 12.8 Å². The van der Waals surface area contributed by atoms with E-state index in [0.717, 1.165) is 83.5 Å². The number of ether oxygens (including phenoxy) is 1. The van der Waals surface area contributed by atoms with Crippen LogP contribution in [0.3, 0.4) is 0 Å². The number of aliphatic carboxylic acids is 1. The third kappa shape index (κ3) is 42.1. The first-order valence-electron chi connectivity index (χ1n) is 22.3. The molecule has 300 valence electrons. The predicted molar refractivity (Wildman–Crippen MR) is 227 cm³/mol. The molecule has 0 saturated heterocycles. The number of esters is 1. The van der Waals surface area contributed by atoms with Crippen LogP contribution in [0.15, 0.2) is 60.8 Å². The van der Waals surface area contributed by atoms with Crippen LogP contribution in [0.2, 0.25) is 0 Å². The molecule has 0 amide bonds. The van der Waals surface area contributed by atoms with Crippen molar-refractivity contribution in [3.05, 3.63) is 60.8 Å². The highest BCUT2D eigenvalue weighted by molar-refractivity contribution is 5.69. The summed E-state index contributed by atoms with van der Waals surface area (Å²) in [7, 11) is 0. The van der Waals surface area contributed by atoms with E-state index in [4.69, 9.17) is 9.84 Å². The summed E-state index contributed by atoms with van der Waals surface area (Å²) in [6.07, 6.45) is 60.4. The molecule has 0 rings (SSSR count). The second kappa shape index (κ2) is 43.0. The van der Waals surface area contributed by atoms with Crippen LogP contribution >= 0.6 is 0 Å². The molecule has 52 heavy (non-hydrogen) atoms. The van der Waals surface area contributed by atoms with Crippen LogP contribution in [0.5, 0.6) is 0 Å². The lowest BCUT2D eigenvalue weighted by Crippen LogP contribution is -2.18. The first kappa shape index (κ1) is 49.6. The summed E-state index contributed by atoms with van der Waals surface area (Å²) in [5.74, 6) is -0.647. The second-order valence-corrected chi connectivity index (χ2v) is 14.9. The Morgan fingerprint density at radius 1 is 0.442 bits per heavy atom. The van der Waals surface area contributed by atoms with Crippen molar-refractivity contribution in [3.8, 4) is 0 Å². The summed E-state index contributed by atoms with van der Waals surface area (Å²) in [5.41, 5.74) is 0. The average molecular weight is 725 g/mol. The van der Waals surface area contributed by atoms with Crippen LogP contribution in [0.1, 0.15) is 226 Å². The molecule has 0 aromatic carbocycles. The maximum absolute atomic E-state index is 12.5. The first-order chi connectivity index (χ1) is 25.6. The number of carbonyl (C=O) groups excluding carboxylic acids is 1. The minimum absolute atomic E-state index is 0.0159. The zero-order valence-electron chi connectivity index (χ0n) is 34.4. The Kier molecular flexibility index (Phi) is 41.1. The Hall–Kier alpha value is -2.36. The summed E-state index contributed by atoms with van der Waals surface area (Å²) in [5, 5.41) is 8.67. The fourth-order valence-corrected chi connectivity index (χ4v) is 6.56. The van der Waals surface area contributed by atoms with Crippen molar-refractivity contribution in [1.82, 2.24) is 0 Å². The van der Waals surface area contributed by atoms with Gasteiger partial charge < -0.3 is 9.84 Å². The van der Waals surface area contributed by atoms with Crippen molar-refractivity contribution >= 4 is 11.9 Å². The molecule has 1 N–H and O–H groups in total. The third-order valence-corrected chi connectivity index (χ3v) is 9.73. The van der Waals surface area contributed by atoms with E-state index in [2.05, 4.69) is 74.6 Å². The molecule has 0 radical (unpaired) electrons. The molecule has 0 aliphatic heterocycles. The number of allylic oxidation sites excluding steroid dienone is 10. The quantitative estimate of drug-likeness (QED) is 0.0388. The van der Waals surface area contributed by atoms with E-state index >= 15 is 0 Å². The summed E-state index contributed by atoms with van der Waals surface area (Å²) in [6.45, 7) is 4.36. The molecule has 0 saturated carbocycles. The summed E-state index contributed by atoms with van der Waals surface area (Å²) >= 11 is 0. The Morgan fingerprint density at radius 2 is 0.808 bits per heavy atom. The fraction of sp³-hybridized carbons (Fsp3) is 0.750. The van der Waals surface area contributed by atoms with Crippen molar-refractivity contribution < 1.29 is 19.4 Å². The lowest BCUT2D eigenvalue weighted by molar-refractivity contribution is -0.150. The molecular formula is C48H84O4. The minimum atomic E-state index is -0.663. The molecule has 1 unspecified atom stereocenters. The molecule has 0 fully saturated rings. The van der Waals surface area contributed by atoms with Gasteiger partial charge in [0.1, 0.15) is 6.10 Å². The Morgan fingerprint density at radius 3 is 1.23 bits per heavy atom. The van der Waals surface area contributed by atoms with Crippen molar-refractivity contribution in [1.29, 1.82) is 0 Å². The zero-order chi connectivity index (χ0) is 37.8. The monoisotopic (exact) mass is 725 g/mol. The lowest BCUT2D eigenvalue weighted by Gasteiger charge is -2.17. The van der Waals surface area contributed by atoms with Gasteiger partial charge in [0.2, 0.25) is 0 Å². The molecule has 0 aliphatic carbocycles. The number of carboxylic acids is 1. The van der Waals surface area contributed by atoms with Gasteiger partial charge in [0.15, 0.2) is 0 Å². The van der Waals surface area contributed by atoms with Crippen molar-refractivity contribution in [2.24, 2.45) is 0 Å². The van der Waals surface area contributed by atoms with Gasteiger partial charge in [0.25, 0.3) is 0 Å². The third-order valence-electron chi connectivity index (χ3n) is 9.73. The number of rotatable bonds is 40. The normalized spacial score (nSPS) is 12.8. The van der Waals surface area contributed by atoms with Crippen LogP contribution in [0.25, 0.3) is 0 Å². The van der Waals surface area contributed by atoms with E-state index in [9.17, 15) is 9.59 Å². The number of carboxylic acid groups (broad SMARTS) is 1. The van der Waals surface area contributed by atoms with E-state index in [1.54, 1.807) is 0 Å². The number of hydrogen-bond donors (Lipinski definition) is 1. The van der Waals surface area contributed by atoms with Gasteiger partial charge in [-0.3, -0.25) is 9.59 Å². The molecule has 0 aromatic heterocycles. The molecule has 4 heteroatoms. The van der Waals surface area contributed by atoms with Gasteiger partial charge in [0.05, 0.1) is 0 Å². The summed E-state index contributed by atoms with van der Waals surface area (Å²) in [4.78, 5) is 23.0. The van der Waals surface area contributed by atoms with E-state index in [1.165, 1.54) is 116 Å². The van der Waals surface area contributed by atoms with Gasteiger partial charge in [-0.15, -0.1) is 0 Å². The van der Waals surface area contributed by atoms with Gasteiger partial charge in [-0.05, 0) is 77.0 Å². The van der Waals surface area contributed by atoms with E-state index < -0.39 is 5.97 Å². The van der Waals surface area contributed by atoms with Crippen LogP contribution in [0.4, 0.5) is 0 Å². The van der Waals surface area contributed by atoms with E-state index in [-0.39, 0.29) is 12.1 Å². The van der Waals surface area contributed by atoms with Crippen molar-refractivity contribution in [2.75, 3.05) is 0 Å². The Balaban J connectivity index is 3.58. The molecule has 0 aliphatic rings. The molecule has 0 bridgehead atoms. The maximum atomic E-state index is 12.5. The van der Waals surface area contributed by atoms with Gasteiger partial charge in [-0.25, -0.2) is 0 Å².